The van der Waals surface area contributed by atoms with Crippen LogP contribution in [0.25, 0.3) is 0 Å². The van der Waals surface area contributed by atoms with E-state index in [-0.39, 0.29) is 17.6 Å². The number of hydrogen-bond donors (Lipinski definition) is 2. The van der Waals surface area contributed by atoms with E-state index in [0.29, 0.717) is 24.5 Å². The van der Waals surface area contributed by atoms with E-state index in [9.17, 15) is 5.11 Å². The first-order valence-electron chi connectivity index (χ1n) is 8.10. The Labute approximate surface area is 127 Å². The average Bonchev–Trinajstić information content (AvgIpc) is 2.92. The number of fused-ring (bicyclic) bond motifs is 1. The molecule has 1 saturated carbocycles. The molecule has 3 rings (SSSR count). The highest BCUT2D eigenvalue weighted by Gasteiger charge is 2.59. The lowest BCUT2D eigenvalue weighted by molar-refractivity contribution is -0.118. The van der Waals surface area contributed by atoms with Gasteiger partial charge in [-0.05, 0) is 25.3 Å². The van der Waals surface area contributed by atoms with Gasteiger partial charge in [0, 0.05) is 30.0 Å². The topological polar surface area (TPSA) is 41.5 Å². The van der Waals surface area contributed by atoms with E-state index < -0.39 is 0 Å². The second-order valence-corrected chi connectivity index (χ2v) is 7.26. The fourth-order valence-electron chi connectivity index (χ4n) is 4.09. The molecule has 1 aliphatic heterocycles. The van der Waals surface area contributed by atoms with Crippen LogP contribution in [0.15, 0.2) is 30.3 Å². The molecule has 0 amide bonds. The lowest BCUT2D eigenvalue weighted by Crippen LogP contribution is -2.68. The molecule has 0 radical (unpaired) electrons. The van der Waals surface area contributed by atoms with Crippen molar-refractivity contribution in [3.8, 4) is 0 Å². The van der Waals surface area contributed by atoms with E-state index in [2.05, 4.69) is 38.2 Å². The summed E-state index contributed by atoms with van der Waals surface area (Å²) in [7, 11) is 0. The third-order valence-corrected chi connectivity index (χ3v) is 5.41. The number of hydrogen-bond acceptors (Lipinski definition) is 3. The number of benzene rings is 1. The van der Waals surface area contributed by atoms with E-state index >= 15 is 0 Å². The van der Waals surface area contributed by atoms with Gasteiger partial charge in [0.05, 0.1) is 12.2 Å². The summed E-state index contributed by atoms with van der Waals surface area (Å²) in [5.41, 5.74) is 1.36. The van der Waals surface area contributed by atoms with Crippen molar-refractivity contribution < 1.29 is 9.84 Å². The summed E-state index contributed by atoms with van der Waals surface area (Å²) in [6.45, 7) is 7.52. The number of nitrogens with one attached hydrogen (secondary N) is 1. The molecule has 0 aromatic heterocycles. The minimum Gasteiger partial charge on any atom is -0.391 e. The molecule has 0 bridgehead atoms. The molecule has 3 nitrogen and oxygen atoms in total. The zero-order valence-corrected chi connectivity index (χ0v) is 13.3. The Bertz CT molecular complexity index is 473. The van der Waals surface area contributed by atoms with Gasteiger partial charge in [-0.25, -0.2) is 0 Å². The second-order valence-electron chi connectivity index (χ2n) is 7.26. The van der Waals surface area contributed by atoms with Gasteiger partial charge in [-0.2, -0.15) is 0 Å². The van der Waals surface area contributed by atoms with Crippen LogP contribution in [0.1, 0.15) is 32.8 Å². The van der Waals surface area contributed by atoms with E-state index in [0.717, 1.165) is 13.0 Å². The zero-order valence-electron chi connectivity index (χ0n) is 13.3. The predicted molar refractivity (Wildman–Crippen MR) is 84.2 cm³/mol. The van der Waals surface area contributed by atoms with Gasteiger partial charge in [-0.15, -0.1) is 0 Å². The highest BCUT2D eigenvalue weighted by molar-refractivity contribution is 5.16. The third-order valence-electron chi connectivity index (χ3n) is 5.41. The lowest BCUT2D eigenvalue weighted by atomic mass is 9.57. The number of aliphatic hydroxyl groups excluding tert-OH is 1. The molecule has 2 N–H and O–H groups in total. The van der Waals surface area contributed by atoms with Gasteiger partial charge in [0.1, 0.15) is 0 Å². The van der Waals surface area contributed by atoms with Crippen molar-refractivity contribution in [2.45, 2.75) is 57.9 Å². The molecule has 2 aliphatic rings. The van der Waals surface area contributed by atoms with Gasteiger partial charge in [-0.1, -0.05) is 44.2 Å². The van der Waals surface area contributed by atoms with Crippen molar-refractivity contribution >= 4 is 0 Å². The molecule has 116 valence electrons. The maximum absolute atomic E-state index is 10.5. The Balaban J connectivity index is 1.57. The van der Waals surface area contributed by atoms with E-state index in [1.807, 2.05) is 18.2 Å². The molecule has 1 aromatic carbocycles. The van der Waals surface area contributed by atoms with Gasteiger partial charge >= 0.3 is 0 Å². The summed E-state index contributed by atoms with van der Waals surface area (Å²) < 4.78 is 5.83. The van der Waals surface area contributed by atoms with E-state index in [1.54, 1.807) is 0 Å². The van der Waals surface area contributed by atoms with Crippen LogP contribution in [0.3, 0.4) is 0 Å². The first-order valence-corrected chi connectivity index (χ1v) is 8.10. The molecule has 5 atom stereocenters. The maximum atomic E-state index is 10.5. The third kappa shape index (κ3) is 2.75. The summed E-state index contributed by atoms with van der Waals surface area (Å²) in [6.07, 6.45) is 1.89. The minimum absolute atomic E-state index is 0.0935. The zero-order chi connectivity index (χ0) is 15.0. The SMILES string of the molecule is CC(NC1C2CCOC2C1(C)C)C(O)Cc1ccccc1. The van der Waals surface area contributed by atoms with Crippen molar-refractivity contribution in [1.82, 2.24) is 5.32 Å². The molecule has 21 heavy (non-hydrogen) atoms. The smallest absolute Gasteiger partial charge is 0.0730 e. The highest BCUT2D eigenvalue weighted by atomic mass is 16.5. The van der Waals surface area contributed by atoms with E-state index in [4.69, 9.17) is 4.74 Å². The predicted octanol–water partition coefficient (Wildman–Crippen LogP) is 2.38. The van der Waals surface area contributed by atoms with Crippen LogP contribution in [0, 0.1) is 11.3 Å². The minimum atomic E-state index is -0.357. The fourth-order valence-corrected chi connectivity index (χ4v) is 4.09. The second kappa shape index (κ2) is 5.71. The molecule has 1 aliphatic carbocycles. The van der Waals surface area contributed by atoms with Crippen LogP contribution in [0.5, 0.6) is 0 Å². The van der Waals surface area contributed by atoms with Crippen molar-refractivity contribution in [3.63, 3.8) is 0 Å². The Morgan fingerprint density at radius 3 is 2.76 bits per heavy atom. The maximum Gasteiger partial charge on any atom is 0.0730 e. The molecule has 2 fully saturated rings. The summed E-state index contributed by atoms with van der Waals surface area (Å²) in [6, 6.07) is 10.7. The Morgan fingerprint density at radius 2 is 2.05 bits per heavy atom. The largest absolute Gasteiger partial charge is 0.391 e. The van der Waals surface area contributed by atoms with Crippen LogP contribution < -0.4 is 5.32 Å². The van der Waals surface area contributed by atoms with Gasteiger partial charge in [0.15, 0.2) is 0 Å². The highest BCUT2D eigenvalue weighted by Crippen LogP contribution is 2.52. The number of rotatable bonds is 5. The average molecular weight is 289 g/mol. The van der Waals surface area contributed by atoms with Gasteiger partial charge in [0.2, 0.25) is 0 Å². The first-order chi connectivity index (χ1) is 10.00. The summed E-state index contributed by atoms with van der Waals surface area (Å²) in [5, 5.41) is 14.1. The van der Waals surface area contributed by atoms with Crippen molar-refractivity contribution in [3.05, 3.63) is 35.9 Å². The van der Waals surface area contributed by atoms with Crippen LogP contribution in [-0.4, -0.2) is 36.0 Å². The molecule has 1 saturated heterocycles. The first kappa shape index (κ1) is 15.0. The van der Waals surface area contributed by atoms with Gasteiger partial charge in [0.25, 0.3) is 0 Å². The van der Waals surface area contributed by atoms with Crippen LogP contribution >= 0.6 is 0 Å². The molecule has 3 heteroatoms. The van der Waals surface area contributed by atoms with Crippen LogP contribution in [0.2, 0.25) is 0 Å². The lowest BCUT2D eigenvalue weighted by Gasteiger charge is -2.56. The summed E-state index contributed by atoms with van der Waals surface area (Å²) >= 11 is 0. The van der Waals surface area contributed by atoms with Gasteiger partial charge in [-0.3, -0.25) is 0 Å². The number of aliphatic hydroxyl groups is 1. The molecular weight excluding hydrogens is 262 g/mol. The van der Waals surface area contributed by atoms with Crippen LogP contribution in [0.4, 0.5) is 0 Å². The quantitative estimate of drug-likeness (QED) is 0.874. The monoisotopic (exact) mass is 289 g/mol. The molecule has 1 heterocycles. The Hall–Kier alpha value is -0.900. The van der Waals surface area contributed by atoms with Crippen molar-refractivity contribution in [2.75, 3.05) is 6.61 Å². The number of ether oxygens (including phenoxy) is 1. The molecule has 1 aromatic rings. The van der Waals surface area contributed by atoms with E-state index in [1.165, 1.54) is 5.56 Å². The molecule has 5 unspecified atom stereocenters. The Kier molecular flexibility index (Phi) is 4.08. The van der Waals surface area contributed by atoms with Crippen molar-refractivity contribution in [1.29, 1.82) is 0 Å². The van der Waals surface area contributed by atoms with Crippen molar-refractivity contribution in [2.24, 2.45) is 11.3 Å². The Morgan fingerprint density at radius 1 is 1.33 bits per heavy atom. The molecular formula is C18H27NO2. The standard InChI is InChI=1S/C18H27NO2/c1-12(15(20)11-13-7-5-4-6-8-13)19-16-14-9-10-21-17(14)18(16,2)3/h4-8,12,14-17,19-20H,9-11H2,1-3H3. The fraction of sp³-hybridized carbons (Fsp3) is 0.667. The normalized spacial score (nSPS) is 33.0. The summed E-state index contributed by atoms with van der Waals surface area (Å²) in [5.74, 6) is 0.617. The molecule has 0 spiro atoms. The summed E-state index contributed by atoms with van der Waals surface area (Å²) in [4.78, 5) is 0. The van der Waals surface area contributed by atoms with Gasteiger partial charge < -0.3 is 15.2 Å². The van der Waals surface area contributed by atoms with Crippen LogP contribution in [-0.2, 0) is 11.2 Å².